The molecule has 19 heavy (non-hydrogen) atoms. The normalized spacial score (nSPS) is 31.7. The van der Waals surface area contributed by atoms with Gasteiger partial charge in [-0.25, -0.2) is 0 Å². The van der Waals surface area contributed by atoms with Gasteiger partial charge in [0.2, 0.25) is 11.8 Å². The van der Waals surface area contributed by atoms with E-state index in [0.717, 1.165) is 19.4 Å². The van der Waals surface area contributed by atoms with Gasteiger partial charge in [-0.15, -0.1) is 0 Å². The number of carbonyl (C=O) groups is 2. The second kappa shape index (κ2) is 4.50. The van der Waals surface area contributed by atoms with Crippen molar-refractivity contribution in [2.24, 2.45) is 11.8 Å². The SMILES string of the molecule is CC1(C)NC(=O)C(C2CC2)N(CC2CCCC2)C1=O. The highest BCUT2D eigenvalue weighted by Crippen LogP contribution is 2.39. The largest absolute Gasteiger partial charge is 0.340 e. The summed E-state index contributed by atoms with van der Waals surface area (Å²) in [7, 11) is 0. The second-order valence-corrected chi connectivity index (χ2v) is 7.00. The summed E-state index contributed by atoms with van der Waals surface area (Å²) in [6.45, 7) is 4.42. The standard InChI is InChI=1S/C15H24N2O2/c1-15(2)14(19)17(9-10-5-3-4-6-10)12(11-7-8-11)13(18)16-15/h10-12H,3-9H2,1-2H3,(H,16,18). The lowest BCUT2D eigenvalue weighted by molar-refractivity contribution is -0.155. The van der Waals surface area contributed by atoms with E-state index >= 15 is 0 Å². The van der Waals surface area contributed by atoms with Gasteiger partial charge in [-0.1, -0.05) is 12.8 Å². The van der Waals surface area contributed by atoms with Crippen molar-refractivity contribution in [3.63, 3.8) is 0 Å². The Balaban J connectivity index is 1.80. The Morgan fingerprint density at radius 3 is 2.37 bits per heavy atom. The third-order valence-electron chi connectivity index (χ3n) is 4.83. The van der Waals surface area contributed by atoms with Crippen LogP contribution in [0.4, 0.5) is 0 Å². The van der Waals surface area contributed by atoms with E-state index in [1.165, 1.54) is 25.7 Å². The smallest absolute Gasteiger partial charge is 0.248 e. The molecule has 2 saturated carbocycles. The van der Waals surface area contributed by atoms with Crippen LogP contribution >= 0.6 is 0 Å². The quantitative estimate of drug-likeness (QED) is 0.843. The van der Waals surface area contributed by atoms with Crippen LogP contribution in [0.1, 0.15) is 52.4 Å². The van der Waals surface area contributed by atoms with Crippen molar-refractivity contribution in [1.29, 1.82) is 0 Å². The lowest BCUT2D eigenvalue weighted by Gasteiger charge is -2.44. The molecule has 0 aromatic carbocycles. The van der Waals surface area contributed by atoms with Crippen molar-refractivity contribution >= 4 is 11.8 Å². The third kappa shape index (κ3) is 2.37. The summed E-state index contributed by atoms with van der Waals surface area (Å²) in [5.41, 5.74) is -0.735. The van der Waals surface area contributed by atoms with Gasteiger partial charge in [0.05, 0.1) is 0 Å². The van der Waals surface area contributed by atoms with Gasteiger partial charge < -0.3 is 10.2 Å². The molecule has 3 fully saturated rings. The number of hydrogen-bond acceptors (Lipinski definition) is 2. The molecule has 1 unspecified atom stereocenters. The van der Waals surface area contributed by atoms with Crippen molar-refractivity contribution in [3.8, 4) is 0 Å². The Morgan fingerprint density at radius 1 is 1.16 bits per heavy atom. The lowest BCUT2D eigenvalue weighted by atomic mass is 9.93. The van der Waals surface area contributed by atoms with E-state index in [-0.39, 0.29) is 17.9 Å². The first-order valence-electron chi connectivity index (χ1n) is 7.62. The maximum Gasteiger partial charge on any atom is 0.248 e. The summed E-state index contributed by atoms with van der Waals surface area (Å²) < 4.78 is 0. The van der Waals surface area contributed by atoms with Crippen LogP contribution < -0.4 is 5.32 Å². The monoisotopic (exact) mass is 264 g/mol. The fourth-order valence-corrected chi connectivity index (χ4v) is 3.61. The minimum absolute atomic E-state index is 0.0603. The number of carbonyl (C=O) groups excluding carboxylic acids is 2. The highest BCUT2D eigenvalue weighted by molar-refractivity contribution is 5.99. The number of nitrogens with zero attached hydrogens (tertiary/aromatic N) is 1. The first-order valence-corrected chi connectivity index (χ1v) is 7.62. The molecule has 0 spiro atoms. The topological polar surface area (TPSA) is 49.4 Å². The molecule has 2 aliphatic carbocycles. The Labute approximate surface area is 114 Å². The van der Waals surface area contributed by atoms with E-state index in [9.17, 15) is 9.59 Å². The summed E-state index contributed by atoms with van der Waals surface area (Å²) >= 11 is 0. The Bertz CT molecular complexity index is 395. The van der Waals surface area contributed by atoms with E-state index in [0.29, 0.717) is 11.8 Å². The highest BCUT2D eigenvalue weighted by Gasteiger charge is 2.51. The number of rotatable bonds is 3. The fourth-order valence-electron chi connectivity index (χ4n) is 3.61. The average Bonchev–Trinajstić information content (AvgIpc) is 3.02. The Hall–Kier alpha value is -1.06. The zero-order valence-corrected chi connectivity index (χ0v) is 11.9. The number of piperazine rings is 1. The molecule has 3 rings (SSSR count). The molecule has 1 saturated heterocycles. The average molecular weight is 264 g/mol. The van der Waals surface area contributed by atoms with Crippen LogP contribution in [0.2, 0.25) is 0 Å². The molecule has 0 aromatic heterocycles. The maximum atomic E-state index is 12.6. The zero-order chi connectivity index (χ0) is 13.6. The summed E-state index contributed by atoms with van der Waals surface area (Å²) in [5, 5.41) is 2.90. The van der Waals surface area contributed by atoms with Gasteiger partial charge in [0, 0.05) is 6.54 Å². The predicted octanol–water partition coefficient (Wildman–Crippen LogP) is 1.69. The van der Waals surface area contributed by atoms with Gasteiger partial charge in [-0.3, -0.25) is 9.59 Å². The lowest BCUT2D eigenvalue weighted by Crippen LogP contribution is -2.69. The molecule has 1 aliphatic heterocycles. The van der Waals surface area contributed by atoms with E-state index in [2.05, 4.69) is 5.32 Å². The molecule has 106 valence electrons. The zero-order valence-electron chi connectivity index (χ0n) is 11.9. The summed E-state index contributed by atoms with van der Waals surface area (Å²) in [4.78, 5) is 26.9. The molecule has 2 amide bonds. The van der Waals surface area contributed by atoms with Gasteiger partial charge in [-0.05, 0) is 51.4 Å². The van der Waals surface area contributed by atoms with Gasteiger partial charge in [0.1, 0.15) is 11.6 Å². The molecule has 1 N–H and O–H groups in total. The third-order valence-corrected chi connectivity index (χ3v) is 4.83. The number of amides is 2. The molecule has 0 bridgehead atoms. The van der Waals surface area contributed by atoms with Crippen molar-refractivity contribution in [2.75, 3.05) is 6.54 Å². The van der Waals surface area contributed by atoms with Crippen LogP contribution in [0.5, 0.6) is 0 Å². The van der Waals surface area contributed by atoms with E-state index < -0.39 is 5.54 Å². The minimum atomic E-state index is -0.735. The maximum absolute atomic E-state index is 12.6. The molecule has 4 nitrogen and oxygen atoms in total. The van der Waals surface area contributed by atoms with Crippen LogP contribution in [-0.2, 0) is 9.59 Å². The summed E-state index contributed by atoms with van der Waals surface area (Å²) in [6.07, 6.45) is 7.15. The van der Waals surface area contributed by atoms with E-state index in [1.807, 2.05) is 18.7 Å². The summed E-state index contributed by atoms with van der Waals surface area (Å²) in [5.74, 6) is 1.18. The van der Waals surface area contributed by atoms with E-state index in [1.54, 1.807) is 0 Å². The van der Waals surface area contributed by atoms with Gasteiger partial charge in [0.15, 0.2) is 0 Å². The van der Waals surface area contributed by atoms with Gasteiger partial charge >= 0.3 is 0 Å². The Morgan fingerprint density at radius 2 is 1.79 bits per heavy atom. The van der Waals surface area contributed by atoms with Crippen molar-refractivity contribution in [1.82, 2.24) is 10.2 Å². The molecular weight excluding hydrogens is 240 g/mol. The molecule has 0 radical (unpaired) electrons. The predicted molar refractivity (Wildman–Crippen MR) is 72.4 cm³/mol. The first-order chi connectivity index (χ1) is 8.99. The van der Waals surface area contributed by atoms with E-state index in [4.69, 9.17) is 0 Å². The molecule has 1 heterocycles. The van der Waals surface area contributed by atoms with Gasteiger partial charge in [0.25, 0.3) is 0 Å². The van der Waals surface area contributed by atoms with Crippen LogP contribution in [-0.4, -0.2) is 34.8 Å². The van der Waals surface area contributed by atoms with Crippen molar-refractivity contribution < 1.29 is 9.59 Å². The highest BCUT2D eigenvalue weighted by atomic mass is 16.2. The minimum Gasteiger partial charge on any atom is -0.340 e. The number of nitrogens with one attached hydrogen (secondary N) is 1. The van der Waals surface area contributed by atoms with Gasteiger partial charge in [-0.2, -0.15) is 0 Å². The summed E-state index contributed by atoms with van der Waals surface area (Å²) in [6, 6.07) is -0.193. The molecule has 3 aliphatic rings. The molecule has 1 atom stereocenters. The van der Waals surface area contributed by atoms with Crippen molar-refractivity contribution in [3.05, 3.63) is 0 Å². The van der Waals surface area contributed by atoms with Crippen LogP contribution in [0.25, 0.3) is 0 Å². The van der Waals surface area contributed by atoms with Crippen molar-refractivity contribution in [2.45, 2.75) is 64.0 Å². The number of hydrogen-bond donors (Lipinski definition) is 1. The molecular formula is C15H24N2O2. The fraction of sp³-hybridized carbons (Fsp3) is 0.867. The van der Waals surface area contributed by atoms with Crippen LogP contribution in [0, 0.1) is 11.8 Å². The van der Waals surface area contributed by atoms with Crippen LogP contribution in [0.3, 0.4) is 0 Å². The van der Waals surface area contributed by atoms with Crippen LogP contribution in [0.15, 0.2) is 0 Å². The molecule has 0 aromatic rings. The second-order valence-electron chi connectivity index (χ2n) is 7.00. The first kappa shape index (κ1) is 12.9. The Kier molecular flexibility index (Phi) is 3.06. The molecule has 4 heteroatoms.